The standard InChI is InChI=1S/C17H18BrClN2O2/c1-21(10-11-23-14-8-6-13(19)7-9-14)12-17(22)20-16-5-3-2-4-15(16)18/h2-9H,10-12H2,1H3,(H,20,22). The number of likely N-dealkylation sites (N-methyl/N-ethyl adjacent to an activating group) is 1. The molecule has 0 aliphatic rings. The lowest BCUT2D eigenvalue weighted by molar-refractivity contribution is -0.117. The van der Waals surface area contributed by atoms with E-state index in [1.165, 1.54) is 0 Å². The van der Waals surface area contributed by atoms with Gasteiger partial charge in [0, 0.05) is 16.0 Å². The van der Waals surface area contributed by atoms with Crippen molar-refractivity contribution in [3.05, 3.63) is 58.0 Å². The van der Waals surface area contributed by atoms with E-state index in [4.69, 9.17) is 16.3 Å². The van der Waals surface area contributed by atoms with Crippen molar-refractivity contribution >= 4 is 39.1 Å². The molecule has 0 aliphatic carbocycles. The molecular weight excluding hydrogens is 380 g/mol. The number of carbonyl (C=O) groups excluding carboxylic acids is 1. The molecule has 2 aromatic rings. The quantitative estimate of drug-likeness (QED) is 0.766. The number of hydrogen-bond acceptors (Lipinski definition) is 3. The van der Waals surface area contributed by atoms with Gasteiger partial charge in [-0.15, -0.1) is 0 Å². The summed E-state index contributed by atoms with van der Waals surface area (Å²) in [6.07, 6.45) is 0. The summed E-state index contributed by atoms with van der Waals surface area (Å²) in [7, 11) is 1.88. The van der Waals surface area contributed by atoms with Crippen LogP contribution in [0.25, 0.3) is 0 Å². The third kappa shape index (κ3) is 6.22. The molecule has 1 amide bonds. The highest BCUT2D eigenvalue weighted by Crippen LogP contribution is 2.21. The Morgan fingerprint density at radius 1 is 1.22 bits per heavy atom. The maximum atomic E-state index is 12.0. The summed E-state index contributed by atoms with van der Waals surface area (Å²) >= 11 is 9.23. The molecule has 122 valence electrons. The van der Waals surface area contributed by atoms with Gasteiger partial charge in [0.25, 0.3) is 0 Å². The molecule has 1 N–H and O–H groups in total. The number of ether oxygens (including phenoxy) is 1. The van der Waals surface area contributed by atoms with Crippen LogP contribution in [0.15, 0.2) is 53.0 Å². The molecule has 6 heteroatoms. The molecule has 2 aromatic carbocycles. The van der Waals surface area contributed by atoms with E-state index < -0.39 is 0 Å². The molecule has 0 radical (unpaired) electrons. The number of para-hydroxylation sites is 1. The first kappa shape index (κ1) is 17.8. The van der Waals surface area contributed by atoms with Crippen molar-refractivity contribution in [2.75, 3.05) is 32.1 Å². The number of anilines is 1. The minimum Gasteiger partial charge on any atom is -0.492 e. The van der Waals surface area contributed by atoms with Crippen LogP contribution in [0, 0.1) is 0 Å². The van der Waals surface area contributed by atoms with Crippen molar-refractivity contribution in [3.8, 4) is 5.75 Å². The third-order valence-corrected chi connectivity index (χ3v) is 4.06. The molecule has 0 aromatic heterocycles. The van der Waals surface area contributed by atoms with Crippen molar-refractivity contribution in [3.63, 3.8) is 0 Å². The van der Waals surface area contributed by atoms with Crippen LogP contribution in [0.1, 0.15) is 0 Å². The summed E-state index contributed by atoms with van der Waals surface area (Å²) in [5.74, 6) is 0.700. The summed E-state index contributed by atoms with van der Waals surface area (Å²) in [5, 5.41) is 3.55. The summed E-state index contributed by atoms with van der Waals surface area (Å²) in [6.45, 7) is 1.44. The van der Waals surface area contributed by atoms with Crippen LogP contribution in [0.3, 0.4) is 0 Å². The maximum absolute atomic E-state index is 12.0. The highest BCUT2D eigenvalue weighted by atomic mass is 79.9. The molecule has 0 unspecified atom stereocenters. The molecule has 23 heavy (non-hydrogen) atoms. The van der Waals surface area contributed by atoms with Crippen molar-refractivity contribution < 1.29 is 9.53 Å². The second-order valence-corrected chi connectivity index (χ2v) is 6.36. The second-order valence-electron chi connectivity index (χ2n) is 5.07. The largest absolute Gasteiger partial charge is 0.492 e. The van der Waals surface area contributed by atoms with Crippen molar-refractivity contribution in [1.29, 1.82) is 0 Å². The van der Waals surface area contributed by atoms with E-state index in [2.05, 4.69) is 21.2 Å². The topological polar surface area (TPSA) is 41.6 Å². The van der Waals surface area contributed by atoms with Gasteiger partial charge >= 0.3 is 0 Å². The Morgan fingerprint density at radius 3 is 2.61 bits per heavy atom. The van der Waals surface area contributed by atoms with Gasteiger partial charge in [-0.1, -0.05) is 23.7 Å². The smallest absolute Gasteiger partial charge is 0.238 e. The average Bonchev–Trinajstić information content (AvgIpc) is 2.51. The zero-order valence-corrected chi connectivity index (χ0v) is 15.1. The van der Waals surface area contributed by atoms with Gasteiger partial charge in [0.05, 0.1) is 12.2 Å². The first-order valence-corrected chi connectivity index (χ1v) is 8.33. The van der Waals surface area contributed by atoms with Crippen LogP contribution in [0.4, 0.5) is 5.69 Å². The Hall–Kier alpha value is -1.56. The summed E-state index contributed by atoms with van der Waals surface area (Å²) in [5.41, 5.74) is 0.767. The van der Waals surface area contributed by atoms with E-state index in [0.717, 1.165) is 15.9 Å². The van der Waals surface area contributed by atoms with Crippen molar-refractivity contribution in [2.24, 2.45) is 0 Å². The molecule has 2 rings (SSSR count). The summed E-state index contributed by atoms with van der Waals surface area (Å²) in [4.78, 5) is 13.9. The zero-order chi connectivity index (χ0) is 16.7. The lowest BCUT2D eigenvalue weighted by atomic mass is 10.3. The molecule has 0 aliphatic heterocycles. The Kier molecular flexibility index (Phi) is 6.89. The van der Waals surface area contributed by atoms with Gasteiger partial charge in [-0.2, -0.15) is 0 Å². The fraction of sp³-hybridized carbons (Fsp3) is 0.235. The average molecular weight is 398 g/mol. The summed E-state index contributed by atoms with van der Waals surface area (Å²) in [6, 6.07) is 14.7. The maximum Gasteiger partial charge on any atom is 0.238 e. The molecule has 0 bridgehead atoms. The van der Waals surface area contributed by atoms with E-state index in [1.807, 2.05) is 48.3 Å². The number of halogens is 2. The lowest BCUT2D eigenvalue weighted by Gasteiger charge is -2.17. The predicted molar refractivity (Wildman–Crippen MR) is 97.2 cm³/mol. The van der Waals surface area contributed by atoms with Crippen LogP contribution in [-0.4, -0.2) is 37.6 Å². The van der Waals surface area contributed by atoms with E-state index in [-0.39, 0.29) is 5.91 Å². The molecule has 4 nitrogen and oxygen atoms in total. The van der Waals surface area contributed by atoms with E-state index >= 15 is 0 Å². The predicted octanol–water partition coefficient (Wildman–Crippen LogP) is 4.05. The Balaban J connectivity index is 1.71. The Morgan fingerprint density at radius 2 is 1.91 bits per heavy atom. The normalized spacial score (nSPS) is 10.6. The van der Waals surface area contributed by atoms with Crippen molar-refractivity contribution in [2.45, 2.75) is 0 Å². The number of benzene rings is 2. The second kappa shape index (κ2) is 8.91. The van der Waals surface area contributed by atoms with Gasteiger partial charge in [0.2, 0.25) is 5.91 Å². The molecule has 0 saturated carbocycles. The third-order valence-electron chi connectivity index (χ3n) is 3.12. The molecule has 0 spiro atoms. The van der Waals surface area contributed by atoms with Gasteiger partial charge in [0.1, 0.15) is 12.4 Å². The first-order valence-electron chi connectivity index (χ1n) is 7.16. The molecule has 0 saturated heterocycles. The van der Waals surface area contributed by atoms with Gasteiger partial charge in [-0.05, 0) is 59.4 Å². The minimum absolute atomic E-state index is 0.0640. The SMILES string of the molecule is CN(CCOc1ccc(Cl)cc1)CC(=O)Nc1ccccc1Br. The highest BCUT2D eigenvalue weighted by Gasteiger charge is 2.08. The first-order chi connectivity index (χ1) is 11.0. The molecular formula is C17H18BrClN2O2. The van der Waals surface area contributed by atoms with Crippen LogP contribution >= 0.6 is 27.5 Å². The number of rotatable bonds is 7. The van der Waals surface area contributed by atoms with E-state index in [1.54, 1.807) is 12.1 Å². The Labute approximate surface area is 149 Å². The minimum atomic E-state index is -0.0640. The highest BCUT2D eigenvalue weighted by molar-refractivity contribution is 9.10. The van der Waals surface area contributed by atoms with Gasteiger partial charge in [0.15, 0.2) is 0 Å². The number of nitrogens with zero attached hydrogens (tertiary/aromatic N) is 1. The number of hydrogen-bond donors (Lipinski definition) is 1. The van der Waals surface area contributed by atoms with Gasteiger partial charge in [-0.25, -0.2) is 0 Å². The van der Waals surface area contributed by atoms with Crippen LogP contribution in [-0.2, 0) is 4.79 Å². The van der Waals surface area contributed by atoms with Crippen LogP contribution < -0.4 is 10.1 Å². The molecule has 0 heterocycles. The number of amides is 1. The summed E-state index contributed by atoms with van der Waals surface area (Å²) < 4.78 is 6.47. The zero-order valence-electron chi connectivity index (χ0n) is 12.8. The fourth-order valence-electron chi connectivity index (χ4n) is 1.93. The monoisotopic (exact) mass is 396 g/mol. The van der Waals surface area contributed by atoms with Gasteiger partial charge in [-0.3, -0.25) is 9.69 Å². The van der Waals surface area contributed by atoms with Gasteiger partial charge < -0.3 is 10.1 Å². The number of nitrogens with one attached hydrogen (secondary N) is 1. The molecule has 0 atom stereocenters. The molecule has 0 fully saturated rings. The van der Waals surface area contributed by atoms with Crippen LogP contribution in [0.2, 0.25) is 5.02 Å². The van der Waals surface area contributed by atoms with E-state index in [0.29, 0.717) is 24.7 Å². The van der Waals surface area contributed by atoms with E-state index in [9.17, 15) is 4.79 Å². The number of carbonyl (C=O) groups is 1. The lowest BCUT2D eigenvalue weighted by Crippen LogP contribution is -2.33. The Bertz CT molecular complexity index is 649. The van der Waals surface area contributed by atoms with Crippen molar-refractivity contribution in [1.82, 2.24) is 4.90 Å². The van der Waals surface area contributed by atoms with Crippen LogP contribution in [0.5, 0.6) is 5.75 Å². The fourth-order valence-corrected chi connectivity index (χ4v) is 2.44.